The Morgan fingerprint density at radius 2 is 1.19 bits per heavy atom. The van der Waals surface area contributed by atoms with E-state index in [1.807, 2.05) is 0 Å². The smallest absolute Gasteiger partial charge is 0.462 e. The molecule has 1 fully saturated rings. The van der Waals surface area contributed by atoms with Crippen molar-refractivity contribution >= 4 is 27.6 Å². The van der Waals surface area contributed by atoms with E-state index >= 15 is 0 Å². The molecule has 0 bridgehead atoms. The van der Waals surface area contributed by atoms with Gasteiger partial charge in [-0.1, -0.05) is 167 Å². The summed E-state index contributed by atoms with van der Waals surface area (Å²) >= 11 is 0. The van der Waals surface area contributed by atoms with Crippen LogP contribution in [0.15, 0.2) is 24.3 Å². The van der Waals surface area contributed by atoms with Crippen molar-refractivity contribution in [1.82, 2.24) is 0 Å². The van der Waals surface area contributed by atoms with E-state index in [1.165, 1.54) is 83.1 Å². The quantitative estimate of drug-likeness (QED) is 0.0131. The molecule has 1 saturated carbocycles. The molecular weight excluding hydrogens is 870 g/mol. The lowest BCUT2D eigenvalue weighted by Gasteiger charge is -2.20. The topological polar surface area (TPSA) is 256 Å². The van der Waals surface area contributed by atoms with Crippen LogP contribution in [0.1, 0.15) is 181 Å². The van der Waals surface area contributed by atoms with Gasteiger partial charge in [-0.25, -0.2) is 9.13 Å². The molecule has 376 valence electrons. The normalized spacial score (nSPS) is 20.5. The predicted octanol–water partition coefficient (Wildman–Crippen LogP) is 8.91. The van der Waals surface area contributed by atoms with Gasteiger partial charge >= 0.3 is 27.6 Å². The second-order valence-electron chi connectivity index (χ2n) is 17.9. The Bertz CT molecular complexity index is 1360. The van der Waals surface area contributed by atoms with Gasteiger partial charge < -0.3 is 44.6 Å². The number of ether oxygens (including phenoxy) is 2. The number of aliphatic hydroxyl groups excluding tert-OH is 4. The second-order valence-corrected chi connectivity index (χ2v) is 20.5. The van der Waals surface area contributed by atoms with Crippen LogP contribution >= 0.6 is 15.6 Å². The molecule has 7 N–H and O–H groups in total. The number of phosphoric ester groups is 2. The van der Waals surface area contributed by atoms with E-state index in [4.69, 9.17) is 23.8 Å². The first-order chi connectivity index (χ1) is 30.4. The Balaban J connectivity index is 2.53. The zero-order valence-corrected chi connectivity index (χ0v) is 40.9. The molecule has 8 atom stereocenters. The minimum atomic E-state index is -4.91. The highest BCUT2D eigenvalue weighted by Crippen LogP contribution is 2.44. The van der Waals surface area contributed by atoms with Crippen LogP contribution in [0.4, 0.5) is 0 Å². The molecule has 1 unspecified atom stereocenters. The first kappa shape index (κ1) is 60.5. The largest absolute Gasteiger partial charge is 0.472 e. The molecule has 1 rings (SSSR count). The fourth-order valence-corrected chi connectivity index (χ4v) is 8.78. The van der Waals surface area contributed by atoms with Crippen LogP contribution in [0.25, 0.3) is 0 Å². The summed E-state index contributed by atoms with van der Waals surface area (Å²) in [5, 5.41) is 41.2. The van der Waals surface area contributed by atoms with Gasteiger partial charge in [-0.15, -0.1) is 0 Å². The Morgan fingerprint density at radius 1 is 0.656 bits per heavy atom. The number of carbonyl (C=O) groups excluding carboxylic acids is 2. The minimum absolute atomic E-state index is 0.133. The molecule has 18 heteroatoms. The fraction of sp³-hybridized carbons (Fsp3) is 0.870. The predicted molar refractivity (Wildman–Crippen MR) is 246 cm³/mol. The lowest BCUT2D eigenvalue weighted by molar-refractivity contribution is -0.160. The van der Waals surface area contributed by atoms with Crippen LogP contribution in [-0.2, 0) is 41.8 Å². The number of carbonyl (C=O) groups is 2. The summed E-state index contributed by atoms with van der Waals surface area (Å²) in [5.41, 5.74) is 0. The van der Waals surface area contributed by atoms with Crippen LogP contribution in [-0.4, -0.2) is 104 Å². The van der Waals surface area contributed by atoms with Crippen molar-refractivity contribution in [3.8, 4) is 0 Å². The summed E-state index contributed by atoms with van der Waals surface area (Å²) in [6.45, 7) is 3.64. The number of rotatable bonds is 41. The SMILES string of the molecule is CCCCC[C@@H](O)/C=C/[C@@H]1[C@H](C/C=C\CC(=O)O[C@H](COC(=O)CCCCCCCCCCCCCCCCCCC(C)C)COP(=O)(O)OC[C@@H](O)COP(=O)(O)O)[C@@H](O)C[C@H]1O. The summed E-state index contributed by atoms with van der Waals surface area (Å²) in [6, 6.07) is 0. The van der Waals surface area contributed by atoms with Crippen LogP contribution < -0.4 is 0 Å². The summed E-state index contributed by atoms with van der Waals surface area (Å²) in [6.07, 6.45) is 25.9. The summed E-state index contributed by atoms with van der Waals surface area (Å²) in [7, 11) is -9.81. The average molecular weight is 957 g/mol. The van der Waals surface area contributed by atoms with Crippen LogP contribution in [0.5, 0.6) is 0 Å². The van der Waals surface area contributed by atoms with Crippen molar-refractivity contribution in [3.63, 3.8) is 0 Å². The third-order valence-corrected chi connectivity index (χ3v) is 12.8. The van der Waals surface area contributed by atoms with Crippen molar-refractivity contribution in [2.45, 2.75) is 212 Å². The summed E-state index contributed by atoms with van der Waals surface area (Å²) in [4.78, 5) is 53.1. The molecule has 0 aromatic heterocycles. The van der Waals surface area contributed by atoms with Crippen molar-refractivity contribution < 1.29 is 76.9 Å². The van der Waals surface area contributed by atoms with Gasteiger partial charge in [-0.2, -0.15) is 0 Å². The van der Waals surface area contributed by atoms with Gasteiger partial charge in [0.05, 0.1) is 44.6 Å². The van der Waals surface area contributed by atoms with Gasteiger partial charge in [-0.05, 0) is 31.1 Å². The molecule has 0 amide bonds. The van der Waals surface area contributed by atoms with Gasteiger partial charge in [0.1, 0.15) is 12.7 Å². The monoisotopic (exact) mass is 957 g/mol. The van der Waals surface area contributed by atoms with Gasteiger partial charge in [0, 0.05) is 18.8 Å². The van der Waals surface area contributed by atoms with Crippen molar-refractivity contribution in [3.05, 3.63) is 24.3 Å². The van der Waals surface area contributed by atoms with Gasteiger partial charge in [-0.3, -0.25) is 23.2 Å². The highest BCUT2D eigenvalue weighted by atomic mass is 31.2. The molecule has 0 radical (unpaired) electrons. The first-order valence-corrected chi connectivity index (χ1v) is 27.2. The molecular formula is C46H86O16P2. The van der Waals surface area contributed by atoms with Crippen molar-refractivity contribution in [2.75, 3.05) is 26.4 Å². The molecule has 1 aliphatic rings. The van der Waals surface area contributed by atoms with Gasteiger partial charge in [0.15, 0.2) is 6.10 Å². The second kappa shape index (κ2) is 36.5. The Labute approximate surface area is 383 Å². The number of allylic oxidation sites excluding steroid dienone is 1. The molecule has 0 aliphatic heterocycles. The number of hydrogen-bond donors (Lipinski definition) is 7. The lowest BCUT2D eigenvalue weighted by atomic mass is 9.89. The maximum absolute atomic E-state index is 12.8. The third kappa shape index (κ3) is 33.9. The lowest BCUT2D eigenvalue weighted by Crippen LogP contribution is -2.29. The third-order valence-electron chi connectivity index (χ3n) is 11.4. The van der Waals surface area contributed by atoms with Crippen LogP contribution in [0.2, 0.25) is 0 Å². The molecule has 16 nitrogen and oxygen atoms in total. The van der Waals surface area contributed by atoms with Crippen molar-refractivity contribution in [1.29, 1.82) is 0 Å². The standard InChI is InChI=1S/C46H86O16P2/c1-4-5-20-26-38(47)30-31-42-41(43(49)32-44(42)50)27-23-24-29-46(52)62-40(36-61-64(56,57)60-34-39(48)33-59-63(53,54)55)35-58-45(51)28-22-19-17-15-13-11-9-7-6-8-10-12-14-16-18-21-25-37(2)3/h23-24,30-31,37-44,47-50H,4-22,25-29,32-36H2,1-3H3,(H,56,57)(H2,53,54,55)/b24-23-,31-30+/t38-,39+,40-,41+,42-,43+,44-/m1/s1. The number of esters is 2. The highest BCUT2D eigenvalue weighted by Gasteiger charge is 2.39. The molecule has 1 aliphatic carbocycles. The van der Waals surface area contributed by atoms with E-state index in [2.05, 4.69) is 29.8 Å². The zero-order chi connectivity index (χ0) is 47.6. The molecule has 0 aromatic carbocycles. The first-order valence-electron chi connectivity index (χ1n) is 24.1. The summed E-state index contributed by atoms with van der Waals surface area (Å²) in [5.74, 6) is -1.25. The maximum Gasteiger partial charge on any atom is 0.472 e. The van der Waals surface area contributed by atoms with Gasteiger partial charge in [0.25, 0.3) is 0 Å². The minimum Gasteiger partial charge on any atom is -0.462 e. The number of aliphatic hydroxyl groups is 4. The zero-order valence-electron chi connectivity index (χ0n) is 39.1. The highest BCUT2D eigenvalue weighted by molar-refractivity contribution is 7.47. The van der Waals surface area contributed by atoms with E-state index in [0.717, 1.165) is 50.9 Å². The van der Waals surface area contributed by atoms with Crippen LogP contribution in [0.3, 0.4) is 0 Å². The number of phosphoric acid groups is 2. The number of unbranched alkanes of at least 4 members (excludes halogenated alkanes) is 17. The van der Waals surface area contributed by atoms with Crippen molar-refractivity contribution in [2.24, 2.45) is 17.8 Å². The molecule has 0 aromatic rings. The van der Waals surface area contributed by atoms with Crippen LogP contribution in [0, 0.1) is 17.8 Å². The average Bonchev–Trinajstić information content (AvgIpc) is 3.50. The molecule has 0 heterocycles. The van der Waals surface area contributed by atoms with E-state index in [-0.39, 0.29) is 25.2 Å². The van der Waals surface area contributed by atoms with Gasteiger partial charge in [0.2, 0.25) is 0 Å². The number of hydrogen-bond acceptors (Lipinski definition) is 13. The fourth-order valence-electron chi connectivity index (χ4n) is 7.63. The summed E-state index contributed by atoms with van der Waals surface area (Å²) < 4.78 is 47.8. The Kier molecular flexibility index (Phi) is 34.5. The van der Waals surface area contributed by atoms with E-state index in [0.29, 0.717) is 19.3 Å². The maximum atomic E-state index is 12.8. The Morgan fingerprint density at radius 3 is 1.75 bits per heavy atom. The molecule has 64 heavy (non-hydrogen) atoms. The molecule has 0 spiro atoms. The molecule has 0 saturated heterocycles. The Hall–Kier alpha value is -1.52. The van der Waals surface area contributed by atoms with E-state index < -0.39 is 90.4 Å². The van der Waals surface area contributed by atoms with E-state index in [1.54, 1.807) is 18.2 Å². The van der Waals surface area contributed by atoms with E-state index in [9.17, 15) is 44.0 Å².